The predicted octanol–water partition coefficient (Wildman–Crippen LogP) is 3.41. The first kappa shape index (κ1) is 21.7. The average molecular weight is 429 g/mol. The molecule has 8 heteroatoms. The average Bonchev–Trinajstić information content (AvgIpc) is 3.05. The Labute approximate surface area is 179 Å². The van der Waals surface area contributed by atoms with Crippen molar-refractivity contribution >= 4 is 28.9 Å². The van der Waals surface area contributed by atoms with E-state index in [9.17, 15) is 4.79 Å². The molecule has 0 atom stereocenters. The van der Waals surface area contributed by atoms with Gasteiger partial charge in [0.25, 0.3) is 5.91 Å². The number of aliphatic imine (C=N–C) groups is 1. The molecule has 0 aliphatic carbocycles. The molecule has 0 bridgehead atoms. The quantitative estimate of drug-likeness (QED) is 0.458. The lowest BCUT2D eigenvalue weighted by Gasteiger charge is -2.12. The number of amidine groups is 1. The second-order valence-corrected chi connectivity index (χ2v) is 7.41. The number of ether oxygens (including phenoxy) is 4. The van der Waals surface area contributed by atoms with Crippen LogP contribution in [0.15, 0.2) is 52.4 Å². The highest BCUT2D eigenvalue weighted by molar-refractivity contribution is 8.18. The number of nitrogens with zero attached hydrogens (tertiary/aromatic N) is 1. The minimum atomic E-state index is -0.333. The van der Waals surface area contributed by atoms with Crippen molar-refractivity contribution in [2.45, 2.75) is 6.92 Å². The van der Waals surface area contributed by atoms with Crippen molar-refractivity contribution < 1.29 is 23.7 Å². The first-order valence-corrected chi connectivity index (χ1v) is 10.2. The molecular formula is C22H24N2O5S. The van der Waals surface area contributed by atoms with Gasteiger partial charge in [0.1, 0.15) is 19.0 Å². The van der Waals surface area contributed by atoms with E-state index in [4.69, 9.17) is 24.7 Å². The van der Waals surface area contributed by atoms with Crippen molar-refractivity contribution in [3.05, 3.63) is 58.5 Å². The number of nitrogens with two attached hydrogens (primary N) is 1. The summed E-state index contributed by atoms with van der Waals surface area (Å²) >= 11 is 1.15. The fraction of sp³-hybridized carbons (Fsp3) is 0.273. The van der Waals surface area contributed by atoms with Crippen molar-refractivity contribution in [1.82, 2.24) is 0 Å². The molecule has 2 N–H and O–H groups in total. The van der Waals surface area contributed by atoms with E-state index in [0.29, 0.717) is 42.8 Å². The van der Waals surface area contributed by atoms with Crippen LogP contribution >= 0.6 is 11.8 Å². The third-order valence-electron chi connectivity index (χ3n) is 4.19. The van der Waals surface area contributed by atoms with Gasteiger partial charge in [-0.05, 0) is 54.1 Å². The van der Waals surface area contributed by atoms with E-state index in [1.165, 1.54) is 0 Å². The Morgan fingerprint density at radius 2 is 1.73 bits per heavy atom. The third-order valence-corrected chi connectivity index (χ3v) is 5.00. The zero-order valence-corrected chi connectivity index (χ0v) is 17.7. The molecule has 1 heterocycles. The topological polar surface area (TPSA) is 92.4 Å². The number of thioether (sulfide) groups is 1. The van der Waals surface area contributed by atoms with Crippen LogP contribution < -0.4 is 19.9 Å². The zero-order valence-electron chi connectivity index (χ0n) is 16.9. The first-order chi connectivity index (χ1) is 14.6. The SMILES string of the molecule is COc1cc(/C=C2/SC(N)=NC2=O)ccc1OCCOCCOc1ccccc1C. The van der Waals surface area contributed by atoms with Crippen LogP contribution in [0.3, 0.4) is 0 Å². The molecule has 0 fully saturated rings. The van der Waals surface area contributed by atoms with Gasteiger partial charge in [-0.1, -0.05) is 24.3 Å². The molecule has 158 valence electrons. The summed E-state index contributed by atoms with van der Waals surface area (Å²) in [5, 5.41) is 0.252. The molecule has 1 amide bonds. The van der Waals surface area contributed by atoms with Gasteiger partial charge in [0.2, 0.25) is 0 Å². The van der Waals surface area contributed by atoms with Crippen LogP contribution in [0, 0.1) is 6.92 Å². The minimum Gasteiger partial charge on any atom is -0.493 e. The Balaban J connectivity index is 1.42. The molecule has 2 aromatic rings. The molecule has 0 unspecified atom stereocenters. The van der Waals surface area contributed by atoms with Gasteiger partial charge in [-0.25, -0.2) is 0 Å². The van der Waals surface area contributed by atoms with Crippen molar-refractivity contribution in [2.75, 3.05) is 33.5 Å². The van der Waals surface area contributed by atoms with Crippen molar-refractivity contribution in [1.29, 1.82) is 0 Å². The van der Waals surface area contributed by atoms with E-state index >= 15 is 0 Å². The summed E-state index contributed by atoms with van der Waals surface area (Å²) < 4.78 is 22.4. The Morgan fingerprint density at radius 1 is 1.00 bits per heavy atom. The van der Waals surface area contributed by atoms with Gasteiger partial charge in [0.05, 0.1) is 25.2 Å². The van der Waals surface area contributed by atoms with Gasteiger partial charge in [-0.15, -0.1) is 0 Å². The second kappa shape index (κ2) is 10.7. The highest BCUT2D eigenvalue weighted by Gasteiger charge is 2.19. The number of aryl methyl sites for hydroxylation is 1. The Kier molecular flexibility index (Phi) is 7.75. The molecule has 1 aliphatic heterocycles. The number of amides is 1. The van der Waals surface area contributed by atoms with Crippen LogP contribution in [0.2, 0.25) is 0 Å². The Bertz CT molecular complexity index is 958. The molecule has 7 nitrogen and oxygen atoms in total. The maximum Gasteiger partial charge on any atom is 0.286 e. The Hall–Kier alpha value is -2.97. The summed E-state index contributed by atoms with van der Waals surface area (Å²) in [6, 6.07) is 13.3. The molecule has 0 aromatic heterocycles. The summed E-state index contributed by atoms with van der Waals surface area (Å²) in [6.45, 7) is 3.75. The number of carbonyl (C=O) groups excluding carboxylic acids is 1. The molecule has 2 aromatic carbocycles. The zero-order chi connectivity index (χ0) is 21.3. The van der Waals surface area contributed by atoms with Crippen LogP contribution in [0.5, 0.6) is 17.2 Å². The molecular weight excluding hydrogens is 404 g/mol. The third kappa shape index (κ3) is 6.01. The summed E-state index contributed by atoms with van der Waals surface area (Å²) in [7, 11) is 1.56. The van der Waals surface area contributed by atoms with Crippen molar-refractivity contribution in [3.8, 4) is 17.2 Å². The van der Waals surface area contributed by atoms with E-state index in [1.807, 2.05) is 37.3 Å². The number of rotatable bonds is 10. The number of hydrogen-bond donors (Lipinski definition) is 1. The molecule has 0 spiro atoms. The summed E-state index contributed by atoms with van der Waals surface area (Å²) in [6.07, 6.45) is 1.72. The van der Waals surface area contributed by atoms with Gasteiger partial charge >= 0.3 is 0 Å². The van der Waals surface area contributed by atoms with Gasteiger partial charge < -0.3 is 24.7 Å². The van der Waals surface area contributed by atoms with Gasteiger partial charge in [0, 0.05) is 0 Å². The fourth-order valence-corrected chi connectivity index (χ4v) is 3.39. The maximum absolute atomic E-state index is 11.7. The fourth-order valence-electron chi connectivity index (χ4n) is 2.71. The van der Waals surface area contributed by atoms with Gasteiger partial charge in [-0.3, -0.25) is 4.79 Å². The number of para-hydroxylation sites is 1. The molecule has 0 saturated carbocycles. The molecule has 30 heavy (non-hydrogen) atoms. The van der Waals surface area contributed by atoms with Crippen molar-refractivity contribution in [3.63, 3.8) is 0 Å². The first-order valence-electron chi connectivity index (χ1n) is 9.42. The van der Waals surface area contributed by atoms with Crippen LogP contribution in [0.4, 0.5) is 0 Å². The van der Waals surface area contributed by atoms with E-state index in [2.05, 4.69) is 4.99 Å². The lowest BCUT2D eigenvalue weighted by Crippen LogP contribution is -2.12. The van der Waals surface area contributed by atoms with Crippen LogP contribution in [0.25, 0.3) is 6.08 Å². The monoisotopic (exact) mass is 428 g/mol. The Morgan fingerprint density at radius 3 is 2.40 bits per heavy atom. The van der Waals surface area contributed by atoms with E-state index in [0.717, 1.165) is 28.6 Å². The summed E-state index contributed by atoms with van der Waals surface area (Å²) in [4.78, 5) is 15.9. The molecule has 0 saturated heterocycles. The minimum absolute atomic E-state index is 0.252. The number of methoxy groups -OCH3 is 1. The summed E-state index contributed by atoms with van der Waals surface area (Å²) in [5.74, 6) is 1.70. The molecule has 1 aliphatic rings. The highest BCUT2D eigenvalue weighted by atomic mass is 32.2. The van der Waals surface area contributed by atoms with Gasteiger partial charge in [-0.2, -0.15) is 4.99 Å². The lowest BCUT2D eigenvalue weighted by molar-refractivity contribution is -0.113. The normalized spacial score (nSPS) is 14.7. The summed E-state index contributed by atoms with van der Waals surface area (Å²) in [5.41, 5.74) is 7.46. The molecule has 0 radical (unpaired) electrons. The van der Waals surface area contributed by atoms with Crippen LogP contribution in [0.1, 0.15) is 11.1 Å². The van der Waals surface area contributed by atoms with Crippen molar-refractivity contribution in [2.24, 2.45) is 10.7 Å². The van der Waals surface area contributed by atoms with Gasteiger partial charge in [0.15, 0.2) is 16.7 Å². The largest absolute Gasteiger partial charge is 0.493 e. The lowest BCUT2D eigenvalue weighted by atomic mass is 10.2. The van der Waals surface area contributed by atoms with Crippen LogP contribution in [-0.2, 0) is 9.53 Å². The van der Waals surface area contributed by atoms with E-state index < -0.39 is 0 Å². The van der Waals surface area contributed by atoms with Crippen LogP contribution in [-0.4, -0.2) is 44.6 Å². The molecule has 3 rings (SSSR count). The standard InChI is InChI=1S/C22H24N2O5S/c1-15-5-3-4-6-17(15)28-11-9-27-10-12-29-18-8-7-16(13-19(18)26-2)14-20-21(25)24-22(23)30-20/h3-8,13-14H,9-12H2,1-2H3,(H2,23,24,25)/b20-14+. The number of benzene rings is 2. The van der Waals surface area contributed by atoms with E-state index in [1.54, 1.807) is 25.3 Å². The maximum atomic E-state index is 11.7. The van der Waals surface area contributed by atoms with E-state index in [-0.39, 0.29) is 11.1 Å². The number of hydrogen-bond acceptors (Lipinski definition) is 7. The number of carbonyl (C=O) groups is 1. The second-order valence-electron chi connectivity index (χ2n) is 6.35. The predicted molar refractivity (Wildman–Crippen MR) is 118 cm³/mol. The smallest absolute Gasteiger partial charge is 0.286 e. The highest BCUT2D eigenvalue weighted by Crippen LogP contribution is 2.31.